The molecule has 1 saturated carbocycles. The summed E-state index contributed by atoms with van der Waals surface area (Å²) in [4.78, 5) is 30.0. The summed E-state index contributed by atoms with van der Waals surface area (Å²) in [6.07, 6.45) is -7.72. The molecule has 0 atom stereocenters. The van der Waals surface area contributed by atoms with Crippen LogP contribution < -0.4 is 5.32 Å². The summed E-state index contributed by atoms with van der Waals surface area (Å²) in [6.45, 7) is -0.590. The van der Waals surface area contributed by atoms with Crippen LogP contribution in [0.4, 0.5) is 31.1 Å². The van der Waals surface area contributed by atoms with Gasteiger partial charge >= 0.3 is 18.6 Å². The number of carbonyl (C=O) groups excluding carboxylic acids is 2. The van der Waals surface area contributed by atoms with Crippen LogP contribution in [-0.2, 0) is 15.7 Å². The van der Waals surface area contributed by atoms with Gasteiger partial charge in [0.05, 0.1) is 28.0 Å². The number of fused-ring (bicyclic) bond motifs is 1. The van der Waals surface area contributed by atoms with Crippen LogP contribution in [0.5, 0.6) is 0 Å². The van der Waals surface area contributed by atoms with Gasteiger partial charge in [-0.3, -0.25) is 14.5 Å². The van der Waals surface area contributed by atoms with E-state index >= 15 is 0 Å². The van der Waals surface area contributed by atoms with Crippen LogP contribution in [0.1, 0.15) is 53.2 Å². The third-order valence-corrected chi connectivity index (χ3v) is 7.67. The summed E-state index contributed by atoms with van der Waals surface area (Å²) in [5.74, 6) is -0.743. The van der Waals surface area contributed by atoms with E-state index in [4.69, 9.17) is 4.74 Å². The van der Waals surface area contributed by atoms with Gasteiger partial charge < -0.3 is 15.0 Å². The van der Waals surface area contributed by atoms with E-state index in [1.807, 2.05) is 0 Å². The van der Waals surface area contributed by atoms with Crippen LogP contribution in [-0.4, -0.2) is 61.6 Å². The van der Waals surface area contributed by atoms with Crippen molar-refractivity contribution in [3.8, 4) is 0 Å². The molecule has 198 valence electrons. The van der Waals surface area contributed by atoms with Gasteiger partial charge in [0, 0.05) is 42.5 Å². The number of hydrogen-bond donors (Lipinski definition) is 1. The Morgan fingerprint density at radius 2 is 1.83 bits per heavy atom. The minimum absolute atomic E-state index is 0.0385. The van der Waals surface area contributed by atoms with Crippen molar-refractivity contribution < 1.29 is 45.4 Å². The number of hydrogen-bond acceptors (Lipinski definition) is 6. The lowest BCUT2D eigenvalue weighted by Crippen LogP contribution is -2.59. The van der Waals surface area contributed by atoms with Gasteiger partial charge in [-0.2, -0.15) is 13.2 Å². The molecule has 3 heterocycles. The Kier molecular flexibility index (Phi) is 7.12. The number of rotatable bonds is 5. The molecular formula is C22H23F6N3O4S. The summed E-state index contributed by atoms with van der Waals surface area (Å²) in [7, 11) is 1.40. The SMILES string of the molecule is CNC(=O)c1csc2c(C(F)(F)F)cc(C3CCC4(CC3)CN(C(=O)OCCOC(F)(F)F)C4)nc12. The number of halogens is 6. The van der Waals surface area contributed by atoms with Crippen LogP contribution in [0.15, 0.2) is 11.4 Å². The Bertz CT molecular complexity index is 1130. The van der Waals surface area contributed by atoms with E-state index in [9.17, 15) is 35.9 Å². The summed E-state index contributed by atoms with van der Waals surface area (Å²) in [5.41, 5.74) is -0.587. The molecule has 14 heteroatoms. The zero-order valence-corrected chi connectivity index (χ0v) is 19.9. The van der Waals surface area contributed by atoms with Crippen LogP contribution in [0.3, 0.4) is 0 Å². The predicted octanol–water partition coefficient (Wildman–Crippen LogP) is 5.31. The lowest BCUT2D eigenvalue weighted by Gasteiger charge is -2.52. The van der Waals surface area contributed by atoms with E-state index in [1.54, 1.807) is 0 Å². The van der Waals surface area contributed by atoms with Crippen molar-refractivity contribution in [2.45, 2.75) is 44.1 Å². The van der Waals surface area contributed by atoms with E-state index in [-0.39, 0.29) is 32.8 Å². The summed E-state index contributed by atoms with van der Waals surface area (Å²) < 4.78 is 85.6. The fourth-order valence-electron chi connectivity index (χ4n) is 4.86. The van der Waals surface area contributed by atoms with Gasteiger partial charge in [-0.25, -0.2) is 4.79 Å². The summed E-state index contributed by atoms with van der Waals surface area (Å²) in [5, 5.41) is 3.80. The zero-order valence-electron chi connectivity index (χ0n) is 19.1. The maximum atomic E-state index is 13.8. The van der Waals surface area contributed by atoms with Crippen molar-refractivity contribution in [1.82, 2.24) is 15.2 Å². The minimum atomic E-state index is -4.79. The standard InChI is InChI=1S/C22H23F6N3O4S/c1-29-18(32)13-9-36-17-14(21(23,24)25)8-15(30-16(13)17)12-2-4-20(5-3-12)10-31(11-20)19(33)34-6-7-35-22(26,27)28/h8-9,12H,2-7,10-11H2,1H3,(H,29,32). The second-order valence-corrected chi connectivity index (χ2v) is 9.92. The largest absolute Gasteiger partial charge is 0.522 e. The number of likely N-dealkylation sites (tertiary alicyclic amines) is 1. The van der Waals surface area contributed by atoms with Gasteiger partial charge in [0.25, 0.3) is 5.91 Å². The molecule has 1 saturated heterocycles. The average molecular weight is 539 g/mol. The van der Waals surface area contributed by atoms with E-state index in [2.05, 4.69) is 15.0 Å². The van der Waals surface area contributed by atoms with Crippen LogP contribution >= 0.6 is 11.3 Å². The molecule has 1 aliphatic carbocycles. The molecule has 1 aliphatic heterocycles. The fourth-order valence-corrected chi connectivity index (χ4v) is 5.88. The maximum Gasteiger partial charge on any atom is 0.522 e. The zero-order chi connectivity index (χ0) is 26.3. The number of pyridine rings is 1. The van der Waals surface area contributed by atoms with Crippen molar-refractivity contribution in [2.24, 2.45) is 5.41 Å². The second-order valence-electron chi connectivity index (χ2n) is 9.04. The number of amides is 2. The third-order valence-electron chi connectivity index (χ3n) is 6.67. The first-order valence-corrected chi connectivity index (χ1v) is 12.0. The highest BCUT2D eigenvalue weighted by Gasteiger charge is 2.48. The van der Waals surface area contributed by atoms with Crippen LogP contribution in [0, 0.1) is 5.41 Å². The lowest BCUT2D eigenvalue weighted by atomic mass is 9.65. The van der Waals surface area contributed by atoms with Gasteiger partial charge in [-0.15, -0.1) is 24.5 Å². The molecular weight excluding hydrogens is 516 g/mol. The van der Waals surface area contributed by atoms with Crippen LogP contribution in [0.2, 0.25) is 0 Å². The van der Waals surface area contributed by atoms with Crippen molar-refractivity contribution in [2.75, 3.05) is 33.4 Å². The summed E-state index contributed by atoms with van der Waals surface area (Å²) in [6, 6.07) is 1.07. The molecule has 0 radical (unpaired) electrons. The van der Waals surface area contributed by atoms with Gasteiger partial charge in [0.15, 0.2) is 0 Å². The number of carbonyl (C=O) groups is 2. The van der Waals surface area contributed by atoms with Crippen molar-refractivity contribution in [3.05, 3.63) is 28.3 Å². The quantitative estimate of drug-likeness (QED) is 0.412. The van der Waals surface area contributed by atoms with Crippen molar-refractivity contribution in [3.63, 3.8) is 0 Å². The molecule has 2 amide bonds. The molecule has 1 spiro atoms. The molecule has 0 bridgehead atoms. The monoisotopic (exact) mass is 539 g/mol. The molecule has 2 aromatic rings. The number of nitrogens with one attached hydrogen (secondary N) is 1. The first-order valence-electron chi connectivity index (χ1n) is 11.2. The topological polar surface area (TPSA) is 80.8 Å². The third kappa shape index (κ3) is 5.53. The van der Waals surface area contributed by atoms with E-state index < -0.39 is 43.3 Å². The molecule has 2 aromatic heterocycles. The van der Waals surface area contributed by atoms with Crippen molar-refractivity contribution >= 4 is 33.6 Å². The van der Waals surface area contributed by atoms with Crippen molar-refractivity contribution in [1.29, 1.82) is 0 Å². The highest BCUT2D eigenvalue weighted by Crippen LogP contribution is 2.49. The molecule has 2 fully saturated rings. The number of alkyl halides is 6. The average Bonchev–Trinajstić information content (AvgIpc) is 3.21. The smallest absolute Gasteiger partial charge is 0.447 e. The Hall–Kier alpha value is -2.61. The molecule has 0 aromatic carbocycles. The number of nitrogens with zero attached hydrogens (tertiary/aromatic N) is 2. The van der Waals surface area contributed by atoms with Crippen LogP contribution in [0.25, 0.3) is 10.2 Å². The molecule has 4 rings (SSSR count). The maximum absolute atomic E-state index is 13.8. The van der Waals surface area contributed by atoms with Gasteiger partial charge in [0.2, 0.25) is 0 Å². The second kappa shape index (κ2) is 9.69. The summed E-state index contributed by atoms with van der Waals surface area (Å²) >= 11 is 0.834. The number of thiophene rings is 1. The molecule has 1 N–H and O–H groups in total. The fraction of sp³-hybridized carbons (Fsp3) is 0.591. The van der Waals surface area contributed by atoms with Gasteiger partial charge in [0.1, 0.15) is 6.61 Å². The highest BCUT2D eigenvalue weighted by molar-refractivity contribution is 7.17. The normalized spacial score (nSPS) is 18.4. The first kappa shape index (κ1) is 26.5. The first-order chi connectivity index (χ1) is 16.8. The highest BCUT2D eigenvalue weighted by atomic mass is 32.1. The Morgan fingerprint density at radius 3 is 2.42 bits per heavy atom. The predicted molar refractivity (Wildman–Crippen MR) is 117 cm³/mol. The lowest BCUT2D eigenvalue weighted by molar-refractivity contribution is -0.326. The van der Waals surface area contributed by atoms with Gasteiger partial charge in [-0.1, -0.05) is 0 Å². The minimum Gasteiger partial charge on any atom is -0.447 e. The molecule has 0 unspecified atom stereocenters. The Labute approximate surface area is 205 Å². The van der Waals surface area contributed by atoms with E-state index in [1.165, 1.54) is 17.3 Å². The molecule has 36 heavy (non-hydrogen) atoms. The molecule has 7 nitrogen and oxygen atoms in total. The Morgan fingerprint density at radius 1 is 1.17 bits per heavy atom. The number of ether oxygens (including phenoxy) is 2. The van der Waals surface area contributed by atoms with E-state index in [0.29, 0.717) is 38.8 Å². The number of aromatic nitrogens is 1. The molecule has 2 aliphatic rings. The Balaban J connectivity index is 1.39. The van der Waals surface area contributed by atoms with Gasteiger partial charge in [-0.05, 0) is 31.7 Å². The van der Waals surface area contributed by atoms with E-state index in [0.717, 1.165) is 17.4 Å².